The summed E-state index contributed by atoms with van der Waals surface area (Å²) in [6.07, 6.45) is 3.56. The number of methoxy groups -OCH3 is 1. The number of morpholine rings is 1. The second kappa shape index (κ2) is 11.5. The second-order valence-electron chi connectivity index (χ2n) is 9.10. The zero-order chi connectivity index (χ0) is 23.9. The van der Waals surface area contributed by atoms with Crippen LogP contribution < -0.4 is 14.2 Å². The quantitative estimate of drug-likeness (QED) is 0.582. The van der Waals surface area contributed by atoms with Gasteiger partial charge >= 0.3 is 0 Å². The summed E-state index contributed by atoms with van der Waals surface area (Å²) in [5.41, 5.74) is 1.90. The first-order valence-corrected chi connectivity index (χ1v) is 11.9. The molecular weight excluding hydrogens is 436 g/mol. The van der Waals surface area contributed by atoms with Crippen molar-refractivity contribution >= 4 is 5.91 Å². The van der Waals surface area contributed by atoms with Crippen molar-refractivity contribution in [3.63, 3.8) is 0 Å². The Labute approximate surface area is 201 Å². The van der Waals surface area contributed by atoms with Crippen molar-refractivity contribution < 1.29 is 23.7 Å². The normalized spacial score (nSPS) is 18.4. The maximum atomic E-state index is 13.6. The van der Waals surface area contributed by atoms with E-state index in [0.29, 0.717) is 57.8 Å². The zero-order valence-corrected chi connectivity index (χ0v) is 20.2. The van der Waals surface area contributed by atoms with Crippen molar-refractivity contribution in [3.8, 4) is 17.4 Å². The van der Waals surface area contributed by atoms with Crippen LogP contribution in [0.5, 0.6) is 17.4 Å². The Bertz CT molecular complexity index is 970. The zero-order valence-electron chi connectivity index (χ0n) is 20.2. The van der Waals surface area contributed by atoms with Crippen molar-refractivity contribution in [1.82, 2.24) is 19.8 Å². The van der Waals surface area contributed by atoms with Crippen molar-refractivity contribution in [2.45, 2.75) is 39.5 Å². The van der Waals surface area contributed by atoms with Gasteiger partial charge in [0.1, 0.15) is 12.4 Å². The summed E-state index contributed by atoms with van der Waals surface area (Å²) < 4.78 is 22.9. The fourth-order valence-electron chi connectivity index (χ4n) is 4.28. The first-order chi connectivity index (χ1) is 16.5. The standard InChI is InChI=1S/C25H34N4O5/c1-18(2)13-29(14-19-5-6-21-22(11-19)33-9-4-8-32-21)25(30)23-16-28(7-10-34-23)15-20-12-26-17-27-24(20)31-3/h5-6,11-12,17-18,23H,4,7-10,13-16H2,1-3H3. The Morgan fingerprint density at radius 3 is 2.85 bits per heavy atom. The fraction of sp³-hybridized carbons (Fsp3) is 0.560. The molecule has 2 aliphatic rings. The number of nitrogens with zero attached hydrogens (tertiary/aromatic N) is 4. The van der Waals surface area contributed by atoms with Gasteiger partial charge in [-0.05, 0) is 23.6 Å². The van der Waals surface area contributed by atoms with Gasteiger partial charge in [-0.3, -0.25) is 9.69 Å². The van der Waals surface area contributed by atoms with E-state index in [2.05, 4.69) is 28.7 Å². The van der Waals surface area contributed by atoms with Crippen LogP contribution in [0.4, 0.5) is 0 Å². The molecule has 9 nitrogen and oxygen atoms in total. The van der Waals surface area contributed by atoms with E-state index in [1.54, 1.807) is 13.3 Å². The topological polar surface area (TPSA) is 86.3 Å². The number of hydrogen-bond acceptors (Lipinski definition) is 8. The van der Waals surface area contributed by atoms with Gasteiger partial charge in [0.2, 0.25) is 5.88 Å². The van der Waals surface area contributed by atoms with Crippen LogP contribution >= 0.6 is 0 Å². The van der Waals surface area contributed by atoms with Crippen LogP contribution in [0.3, 0.4) is 0 Å². The molecule has 1 fully saturated rings. The van der Waals surface area contributed by atoms with E-state index < -0.39 is 6.10 Å². The van der Waals surface area contributed by atoms with Gasteiger partial charge in [-0.25, -0.2) is 9.97 Å². The van der Waals surface area contributed by atoms with E-state index in [1.165, 1.54) is 6.33 Å². The third-order valence-electron chi connectivity index (χ3n) is 5.84. The summed E-state index contributed by atoms with van der Waals surface area (Å²) in [4.78, 5) is 25.9. The molecule has 1 saturated heterocycles. The van der Waals surface area contributed by atoms with Gasteiger partial charge in [-0.1, -0.05) is 19.9 Å². The Morgan fingerprint density at radius 2 is 2.06 bits per heavy atom. The van der Waals surface area contributed by atoms with Gasteiger partial charge in [-0.15, -0.1) is 0 Å². The van der Waals surface area contributed by atoms with Gasteiger partial charge in [0.05, 0.1) is 26.9 Å². The maximum absolute atomic E-state index is 13.6. The lowest BCUT2D eigenvalue weighted by Gasteiger charge is -2.35. The molecule has 0 bridgehead atoms. The highest BCUT2D eigenvalue weighted by molar-refractivity contribution is 5.81. The van der Waals surface area contributed by atoms with Crippen molar-refractivity contribution in [2.75, 3.05) is 46.6 Å². The Balaban J connectivity index is 1.45. The predicted molar refractivity (Wildman–Crippen MR) is 126 cm³/mol. The van der Waals surface area contributed by atoms with Crippen molar-refractivity contribution in [1.29, 1.82) is 0 Å². The van der Waals surface area contributed by atoms with Crippen LogP contribution in [0.2, 0.25) is 0 Å². The summed E-state index contributed by atoms with van der Waals surface area (Å²) in [5, 5.41) is 0. The van der Waals surface area contributed by atoms with Crippen LogP contribution in [0.1, 0.15) is 31.4 Å². The molecule has 0 aliphatic carbocycles. The van der Waals surface area contributed by atoms with Crippen molar-refractivity contribution in [2.24, 2.45) is 5.92 Å². The van der Waals surface area contributed by atoms with E-state index >= 15 is 0 Å². The summed E-state index contributed by atoms with van der Waals surface area (Å²) in [7, 11) is 1.60. The molecule has 9 heteroatoms. The van der Waals surface area contributed by atoms with Crippen LogP contribution in [-0.4, -0.2) is 78.3 Å². The molecule has 1 unspecified atom stereocenters. The van der Waals surface area contributed by atoms with Gasteiger partial charge in [0.25, 0.3) is 5.91 Å². The fourth-order valence-corrected chi connectivity index (χ4v) is 4.28. The average molecular weight is 471 g/mol. The molecule has 0 radical (unpaired) electrons. The number of carbonyl (C=O) groups excluding carboxylic acids is 1. The largest absolute Gasteiger partial charge is 0.490 e. The predicted octanol–water partition coefficient (Wildman–Crippen LogP) is 2.53. The van der Waals surface area contributed by atoms with E-state index in [4.69, 9.17) is 18.9 Å². The molecular formula is C25H34N4O5. The molecule has 2 aliphatic heterocycles. The molecule has 0 saturated carbocycles. The van der Waals surface area contributed by atoms with E-state index in [-0.39, 0.29) is 5.91 Å². The van der Waals surface area contributed by atoms with E-state index in [1.807, 2.05) is 23.1 Å². The minimum Gasteiger partial charge on any atom is -0.490 e. The average Bonchev–Trinajstić information content (AvgIpc) is 3.08. The molecule has 1 aromatic carbocycles. The Hall–Kier alpha value is -2.91. The monoisotopic (exact) mass is 470 g/mol. The number of rotatable bonds is 8. The highest BCUT2D eigenvalue weighted by Crippen LogP contribution is 2.31. The lowest BCUT2D eigenvalue weighted by atomic mass is 10.1. The maximum Gasteiger partial charge on any atom is 0.253 e. The SMILES string of the molecule is COc1ncncc1CN1CCOC(C(=O)N(Cc2ccc3c(c2)OCCCO3)CC(C)C)C1. The molecule has 2 aromatic rings. The number of carbonyl (C=O) groups is 1. The van der Waals surface area contributed by atoms with Crippen LogP contribution in [0.25, 0.3) is 0 Å². The number of amides is 1. The van der Waals surface area contributed by atoms with Gasteiger partial charge in [0, 0.05) is 50.9 Å². The molecule has 4 rings (SSSR count). The lowest BCUT2D eigenvalue weighted by molar-refractivity contribution is -0.151. The highest BCUT2D eigenvalue weighted by atomic mass is 16.5. The van der Waals surface area contributed by atoms with Gasteiger partial charge in [0.15, 0.2) is 11.5 Å². The number of benzene rings is 1. The number of fused-ring (bicyclic) bond motifs is 1. The molecule has 1 atom stereocenters. The molecule has 0 spiro atoms. The minimum atomic E-state index is -0.525. The van der Waals surface area contributed by atoms with Crippen molar-refractivity contribution in [3.05, 3.63) is 41.9 Å². The van der Waals surface area contributed by atoms with Crippen LogP contribution in [0.15, 0.2) is 30.7 Å². The summed E-state index contributed by atoms with van der Waals surface area (Å²) in [5.74, 6) is 2.39. The molecule has 1 aromatic heterocycles. The Morgan fingerprint density at radius 1 is 1.24 bits per heavy atom. The minimum absolute atomic E-state index is 0.00166. The molecule has 34 heavy (non-hydrogen) atoms. The molecule has 3 heterocycles. The third kappa shape index (κ3) is 6.15. The van der Waals surface area contributed by atoms with E-state index in [9.17, 15) is 4.79 Å². The third-order valence-corrected chi connectivity index (χ3v) is 5.84. The van der Waals surface area contributed by atoms with Crippen LogP contribution in [0, 0.1) is 5.92 Å². The highest BCUT2D eigenvalue weighted by Gasteiger charge is 2.31. The second-order valence-corrected chi connectivity index (χ2v) is 9.10. The number of ether oxygens (including phenoxy) is 4. The molecule has 1 amide bonds. The summed E-state index contributed by atoms with van der Waals surface area (Å²) in [6.45, 7) is 8.99. The lowest BCUT2D eigenvalue weighted by Crippen LogP contribution is -2.51. The van der Waals surface area contributed by atoms with Gasteiger partial charge in [-0.2, -0.15) is 0 Å². The molecule has 0 N–H and O–H groups in total. The Kier molecular flexibility index (Phi) is 8.18. The summed E-state index contributed by atoms with van der Waals surface area (Å²) >= 11 is 0. The summed E-state index contributed by atoms with van der Waals surface area (Å²) in [6, 6.07) is 5.92. The number of aromatic nitrogens is 2. The van der Waals surface area contributed by atoms with Crippen LogP contribution in [-0.2, 0) is 22.6 Å². The smallest absolute Gasteiger partial charge is 0.253 e. The number of hydrogen-bond donors (Lipinski definition) is 0. The first kappa shape index (κ1) is 24.2. The van der Waals surface area contributed by atoms with Gasteiger partial charge < -0.3 is 23.8 Å². The molecule has 184 valence electrons. The first-order valence-electron chi connectivity index (χ1n) is 11.9. The van der Waals surface area contributed by atoms with E-state index in [0.717, 1.165) is 35.6 Å².